The number of ether oxygens (including phenoxy) is 4. The number of benzene rings is 2. The molecule has 4 rings (SSSR count). The van der Waals surface area contributed by atoms with Crippen molar-refractivity contribution in [3.05, 3.63) is 36.4 Å². The summed E-state index contributed by atoms with van der Waals surface area (Å²) in [7, 11) is 3.05. The SMILES string of the molecule is COc1ccc(OC)c(NC(=O)C2(C(=O)Nc3ccc4c(c3)OCCO4)CC2)c1. The van der Waals surface area contributed by atoms with E-state index in [9.17, 15) is 9.59 Å². The third-order valence-electron chi connectivity index (χ3n) is 5.07. The van der Waals surface area contributed by atoms with Crippen molar-refractivity contribution in [3.63, 3.8) is 0 Å². The van der Waals surface area contributed by atoms with E-state index in [0.29, 0.717) is 60.4 Å². The van der Waals surface area contributed by atoms with Crippen LogP contribution in [0.15, 0.2) is 36.4 Å². The van der Waals surface area contributed by atoms with Crippen LogP contribution < -0.4 is 29.6 Å². The monoisotopic (exact) mass is 398 g/mol. The van der Waals surface area contributed by atoms with Gasteiger partial charge in [0.15, 0.2) is 11.5 Å². The highest BCUT2D eigenvalue weighted by atomic mass is 16.6. The van der Waals surface area contributed by atoms with Crippen molar-refractivity contribution in [1.29, 1.82) is 0 Å². The number of rotatable bonds is 6. The Morgan fingerprint density at radius 1 is 0.897 bits per heavy atom. The summed E-state index contributed by atoms with van der Waals surface area (Å²) in [6, 6.07) is 10.3. The van der Waals surface area contributed by atoms with Gasteiger partial charge < -0.3 is 29.6 Å². The molecule has 1 fully saturated rings. The molecule has 1 aliphatic heterocycles. The summed E-state index contributed by atoms with van der Waals surface area (Å²) in [4.78, 5) is 25.8. The fourth-order valence-corrected chi connectivity index (χ4v) is 3.21. The van der Waals surface area contributed by atoms with Crippen molar-refractivity contribution >= 4 is 23.2 Å². The second-order valence-electron chi connectivity index (χ2n) is 6.92. The summed E-state index contributed by atoms with van der Waals surface area (Å²) in [5, 5.41) is 5.63. The predicted molar refractivity (Wildman–Crippen MR) is 106 cm³/mol. The average Bonchev–Trinajstić information content (AvgIpc) is 3.56. The van der Waals surface area contributed by atoms with E-state index in [1.165, 1.54) is 14.2 Å². The summed E-state index contributed by atoms with van der Waals surface area (Å²) < 4.78 is 21.5. The third-order valence-corrected chi connectivity index (χ3v) is 5.07. The van der Waals surface area contributed by atoms with Crippen LogP contribution in [0.5, 0.6) is 23.0 Å². The van der Waals surface area contributed by atoms with Crippen molar-refractivity contribution in [2.45, 2.75) is 12.8 Å². The minimum absolute atomic E-state index is 0.353. The van der Waals surface area contributed by atoms with Gasteiger partial charge in [-0.25, -0.2) is 0 Å². The van der Waals surface area contributed by atoms with Crippen LogP contribution >= 0.6 is 0 Å². The highest BCUT2D eigenvalue weighted by Gasteiger charge is 2.56. The molecule has 1 saturated carbocycles. The topological polar surface area (TPSA) is 95.1 Å². The lowest BCUT2D eigenvalue weighted by Crippen LogP contribution is -2.35. The maximum absolute atomic E-state index is 12.9. The van der Waals surface area contributed by atoms with E-state index in [0.717, 1.165) is 0 Å². The maximum atomic E-state index is 12.9. The van der Waals surface area contributed by atoms with Gasteiger partial charge in [0.25, 0.3) is 0 Å². The van der Waals surface area contributed by atoms with Crippen molar-refractivity contribution < 1.29 is 28.5 Å². The molecule has 2 aromatic carbocycles. The van der Waals surface area contributed by atoms with Gasteiger partial charge in [0.1, 0.15) is 30.1 Å². The van der Waals surface area contributed by atoms with Crippen molar-refractivity contribution in [2.75, 3.05) is 38.1 Å². The van der Waals surface area contributed by atoms with Gasteiger partial charge in [-0.3, -0.25) is 9.59 Å². The summed E-state index contributed by atoms with van der Waals surface area (Å²) in [5.41, 5.74) is -0.103. The fourth-order valence-electron chi connectivity index (χ4n) is 3.21. The number of hydrogen-bond acceptors (Lipinski definition) is 6. The molecule has 0 radical (unpaired) electrons. The molecule has 0 aromatic heterocycles. The molecule has 0 spiro atoms. The molecule has 29 heavy (non-hydrogen) atoms. The Kier molecular flexibility index (Phi) is 4.92. The lowest BCUT2D eigenvalue weighted by Gasteiger charge is -2.20. The molecule has 152 valence electrons. The average molecular weight is 398 g/mol. The molecule has 2 N–H and O–H groups in total. The zero-order valence-corrected chi connectivity index (χ0v) is 16.2. The van der Waals surface area contributed by atoms with Crippen LogP contribution in [0.2, 0.25) is 0 Å². The van der Waals surface area contributed by atoms with E-state index in [1.54, 1.807) is 36.4 Å². The molecule has 0 unspecified atom stereocenters. The standard InChI is InChI=1S/C21H22N2O6/c1-26-14-4-6-16(27-2)15(12-14)23-20(25)21(7-8-21)19(24)22-13-3-5-17-18(11-13)29-10-9-28-17/h3-6,11-12H,7-10H2,1-2H3,(H,22,24)(H,23,25). The Labute approximate surface area is 168 Å². The first-order chi connectivity index (χ1) is 14.1. The molecule has 2 aliphatic rings. The van der Waals surface area contributed by atoms with E-state index in [4.69, 9.17) is 18.9 Å². The van der Waals surface area contributed by atoms with Gasteiger partial charge in [0.05, 0.1) is 19.9 Å². The van der Waals surface area contributed by atoms with Crippen molar-refractivity contribution in [1.82, 2.24) is 0 Å². The van der Waals surface area contributed by atoms with Crippen LogP contribution in [-0.2, 0) is 9.59 Å². The van der Waals surface area contributed by atoms with Crippen LogP contribution in [0.25, 0.3) is 0 Å². The molecule has 0 atom stereocenters. The van der Waals surface area contributed by atoms with Gasteiger partial charge in [-0.05, 0) is 37.1 Å². The summed E-state index contributed by atoms with van der Waals surface area (Å²) in [5.74, 6) is 1.55. The highest BCUT2D eigenvalue weighted by Crippen LogP contribution is 2.48. The molecule has 8 nitrogen and oxygen atoms in total. The number of amides is 2. The lowest BCUT2D eigenvalue weighted by molar-refractivity contribution is -0.131. The van der Waals surface area contributed by atoms with E-state index in [-0.39, 0.29) is 11.8 Å². The Morgan fingerprint density at radius 3 is 2.31 bits per heavy atom. The second-order valence-corrected chi connectivity index (χ2v) is 6.92. The van der Waals surface area contributed by atoms with Crippen LogP contribution in [0.1, 0.15) is 12.8 Å². The molecular formula is C21H22N2O6. The van der Waals surface area contributed by atoms with Gasteiger partial charge in [-0.1, -0.05) is 0 Å². The predicted octanol–water partition coefficient (Wildman–Crippen LogP) is 2.83. The first kappa shape index (κ1) is 18.9. The third kappa shape index (κ3) is 3.65. The summed E-state index contributed by atoms with van der Waals surface area (Å²) in [6.07, 6.45) is 0.947. The summed E-state index contributed by atoms with van der Waals surface area (Å²) in [6.45, 7) is 0.953. The van der Waals surface area contributed by atoms with E-state index in [1.807, 2.05) is 0 Å². The maximum Gasteiger partial charge on any atom is 0.240 e. The number of anilines is 2. The lowest BCUT2D eigenvalue weighted by atomic mass is 10.0. The molecular weight excluding hydrogens is 376 g/mol. The molecule has 0 saturated heterocycles. The minimum atomic E-state index is -1.11. The zero-order valence-electron chi connectivity index (χ0n) is 16.2. The van der Waals surface area contributed by atoms with Gasteiger partial charge in [-0.15, -0.1) is 0 Å². The van der Waals surface area contributed by atoms with Crippen LogP contribution in [0.3, 0.4) is 0 Å². The first-order valence-electron chi connectivity index (χ1n) is 9.30. The quantitative estimate of drug-likeness (QED) is 0.727. The number of carbonyl (C=O) groups is 2. The highest BCUT2D eigenvalue weighted by molar-refractivity contribution is 6.17. The number of carbonyl (C=O) groups excluding carboxylic acids is 2. The van der Waals surface area contributed by atoms with E-state index >= 15 is 0 Å². The molecule has 2 aromatic rings. The Morgan fingerprint density at radius 2 is 1.62 bits per heavy atom. The van der Waals surface area contributed by atoms with E-state index in [2.05, 4.69) is 10.6 Å². The van der Waals surface area contributed by atoms with Gasteiger partial charge in [-0.2, -0.15) is 0 Å². The number of fused-ring (bicyclic) bond motifs is 1. The van der Waals surface area contributed by atoms with Crippen LogP contribution in [-0.4, -0.2) is 39.2 Å². The molecule has 1 heterocycles. The van der Waals surface area contributed by atoms with Gasteiger partial charge >= 0.3 is 0 Å². The van der Waals surface area contributed by atoms with Crippen LogP contribution in [0.4, 0.5) is 11.4 Å². The molecule has 2 amide bonds. The van der Waals surface area contributed by atoms with E-state index < -0.39 is 5.41 Å². The second kappa shape index (κ2) is 7.54. The zero-order chi connectivity index (χ0) is 20.4. The minimum Gasteiger partial charge on any atom is -0.497 e. The van der Waals surface area contributed by atoms with Gasteiger partial charge in [0, 0.05) is 17.8 Å². The normalized spacial score (nSPS) is 15.8. The van der Waals surface area contributed by atoms with Crippen LogP contribution in [0, 0.1) is 5.41 Å². The Bertz CT molecular complexity index is 954. The summed E-state index contributed by atoms with van der Waals surface area (Å²) >= 11 is 0. The first-order valence-corrected chi connectivity index (χ1v) is 9.30. The van der Waals surface area contributed by atoms with Gasteiger partial charge in [0.2, 0.25) is 11.8 Å². The smallest absolute Gasteiger partial charge is 0.240 e. The number of methoxy groups -OCH3 is 2. The Hall–Kier alpha value is -3.42. The van der Waals surface area contributed by atoms with Crippen molar-refractivity contribution in [3.8, 4) is 23.0 Å². The fraction of sp³-hybridized carbons (Fsp3) is 0.333. The molecule has 8 heteroatoms. The number of hydrogen-bond donors (Lipinski definition) is 2. The molecule has 1 aliphatic carbocycles. The number of nitrogens with one attached hydrogen (secondary N) is 2. The largest absolute Gasteiger partial charge is 0.497 e. The Balaban J connectivity index is 1.48. The molecule has 0 bridgehead atoms. The van der Waals surface area contributed by atoms with Crippen molar-refractivity contribution in [2.24, 2.45) is 5.41 Å².